The molecule has 5 N–H and O–H groups in total. The summed E-state index contributed by atoms with van der Waals surface area (Å²) >= 11 is 6.14. The smallest absolute Gasteiger partial charge is 0.335 e. The average Bonchev–Trinajstić information content (AvgIpc) is 2.62. The first-order chi connectivity index (χ1) is 12.0. The standard InChI is InChI=1S/C16H16ClN5O3/c17-13-9-20-16(21-12(7-18)8-19-5-6-23)22-14(13)10-1-3-11(4-2-10)15(24)25/h1-4,7-9,23H,5-6,18H2,(H,24,25)(H,20,21,22). The van der Waals surface area contributed by atoms with E-state index >= 15 is 0 Å². The van der Waals surface area contributed by atoms with Crippen LogP contribution in [0.2, 0.25) is 5.02 Å². The third kappa shape index (κ3) is 5.00. The van der Waals surface area contributed by atoms with Crippen LogP contribution in [0.3, 0.4) is 0 Å². The summed E-state index contributed by atoms with van der Waals surface area (Å²) in [5.41, 5.74) is 7.22. The van der Waals surface area contributed by atoms with E-state index in [1.165, 1.54) is 30.7 Å². The molecule has 0 amide bonds. The molecule has 8 nitrogen and oxygen atoms in total. The fourth-order valence-corrected chi connectivity index (χ4v) is 2.07. The lowest BCUT2D eigenvalue weighted by Crippen LogP contribution is -2.08. The van der Waals surface area contributed by atoms with Gasteiger partial charge >= 0.3 is 5.97 Å². The van der Waals surface area contributed by atoms with Gasteiger partial charge in [0, 0.05) is 18.0 Å². The second-order valence-electron chi connectivity index (χ2n) is 4.78. The summed E-state index contributed by atoms with van der Waals surface area (Å²) in [6.07, 6.45) is 4.17. The van der Waals surface area contributed by atoms with Gasteiger partial charge in [-0.15, -0.1) is 0 Å². The Morgan fingerprint density at radius 1 is 1.36 bits per heavy atom. The van der Waals surface area contributed by atoms with Crippen LogP contribution >= 0.6 is 11.6 Å². The Morgan fingerprint density at radius 2 is 2.08 bits per heavy atom. The normalized spacial score (nSPS) is 11.7. The first kappa shape index (κ1) is 18.4. The van der Waals surface area contributed by atoms with Gasteiger partial charge < -0.3 is 21.3 Å². The fraction of sp³-hybridized carbons (Fsp3) is 0.125. The SMILES string of the molecule is NC=C(C=NCCO)Nc1ncc(Cl)c(-c2ccc(C(=O)O)cc2)n1. The Bertz CT molecular complexity index is 806. The largest absolute Gasteiger partial charge is 0.478 e. The summed E-state index contributed by atoms with van der Waals surface area (Å²) in [6, 6.07) is 6.17. The lowest BCUT2D eigenvalue weighted by Gasteiger charge is -2.08. The number of halogens is 1. The number of allylic oxidation sites excluding steroid dienone is 1. The van der Waals surface area contributed by atoms with Crippen LogP contribution in [0.15, 0.2) is 47.4 Å². The van der Waals surface area contributed by atoms with Crippen molar-refractivity contribution in [2.75, 3.05) is 18.5 Å². The molecule has 0 bridgehead atoms. The van der Waals surface area contributed by atoms with Gasteiger partial charge in [-0.25, -0.2) is 14.8 Å². The Kier molecular flexibility index (Phi) is 6.44. The van der Waals surface area contributed by atoms with Crippen LogP contribution < -0.4 is 11.1 Å². The van der Waals surface area contributed by atoms with Gasteiger partial charge in [-0.05, 0) is 12.1 Å². The first-order valence-corrected chi connectivity index (χ1v) is 7.59. The summed E-state index contributed by atoms with van der Waals surface area (Å²) in [5.74, 6) is -0.767. The third-order valence-corrected chi connectivity index (χ3v) is 3.32. The van der Waals surface area contributed by atoms with Gasteiger partial charge in [0.1, 0.15) is 0 Å². The van der Waals surface area contributed by atoms with Gasteiger partial charge in [-0.3, -0.25) is 4.99 Å². The maximum atomic E-state index is 10.9. The van der Waals surface area contributed by atoms with Crippen LogP contribution in [0.25, 0.3) is 11.3 Å². The Hall–Kier alpha value is -2.97. The minimum Gasteiger partial charge on any atom is -0.478 e. The topological polar surface area (TPSA) is 134 Å². The number of benzene rings is 1. The molecule has 0 fully saturated rings. The highest BCUT2D eigenvalue weighted by Gasteiger charge is 2.10. The van der Waals surface area contributed by atoms with E-state index in [0.29, 0.717) is 22.0 Å². The number of aliphatic hydroxyl groups is 1. The maximum absolute atomic E-state index is 10.9. The molecule has 1 aromatic heterocycles. The number of nitrogens with one attached hydrogen (secondary N) is 1. The number of rotatable bonds is 7. The molecule has 0 radical (unpaired) electrons. The molecule has 9 heteroatoms. The number of carboxylic acid groups (broad SMARTS) is 1. The molecule has 0 aliphatic carbocycles. The fourth-order valence-electron chi connectivity index (χ4n) is 1.87. The van der Waals surface area contributed by atoms with E-state index in [1.54, 1.807) is 12.1 Å². The van der Waals surface area contributed by atoms with Crippen molar-refractivity contribution < 1.29 is 15.0 Å². The molecule has 1 aromatic carbocycles. The number of nitrogens with zero attached hydrogens (tertiary/aromatic N) is 3. The molecule has 130 valence electrons. The van der Waals surface area contributed by atoms with Crippen molar-refractivity contribution in [3.8, 4) is 11.3 Å². The van der Waals surface area contributed by atoms with E-state index in [2.05, 4.69) is 20.3 Å². The molecule has 0 saturated carbocycles. The molecule has 0 saturated heterocycles. The van der Waals surface area contributed by atoms with E-state index in [9.17, 15) is 4.79 Å². The minimum atomic E-state index is -1.01. The van der Waals surface area contributed by atoms with Crippen LogP contribution in [0.5, 0.6) is 0 Å². The van der Waals surface area contributed by atoms with Gasteiger partial charge in [-0.2, -0.15) is 0 Å². The van der Waals surface area contributed by atoms with Crippen LogP contribution in [0.1, 0.15) is 10.4 Å². The van der Waals surface area contributed by atoms with Gasteiger partial charge in [-0.1, -0.05) is 23.7 Å². The van der Waals surface area contributed by atoms with Gasteiger partial charge in [0.05, 0.1) is 41.3 Å². The number of hydrogen-bond donors (Lipinski definition) is 4. The molecule has 0 spiro atoms. The molecule has 1 heterocycles. The maximum Gasteiger partial charge on any atom is 0.335 e. The zero-order valence-electron chi connectivity index (χ0n) is 13.1. The second-order valence-corrected chi connectivity index (χ2v) is 5.19. The molecule has 25 heavy (non-hydrogen) atoms. The summed E-state index contributed by atoms with van der Waals surface area (Å²) in [6.45, 7) is 0.184. The van der Waals surface area contributed by atoms with E-state index in [4.69, 9.17) is 27.5 Å². The predicted molar refractivity (Wildman–Crippen MR) is 95.8 cm³/mol. The lowest BCUT2D eigenvalue weighted by molar-refractivity contribution is 0.0697. The van der Waals surface area contributed by atoms with E-state index in [-0.39, 0.29) is 24.7 Å². The molecule has 0 unspecified atom stereocenters. The van der Waals surface area contributed by atoms with Gasteiger partial charge in [0.15, 0.2) is 0 Å². The molecule has 0 aliphatic heterocycles. The molecule has 2 aromatic rings. The Balaban J connectivity index is 2.26. The van der Waals surface area contributed by atoms with Crippen molar-refractivity contribution >= 4 is 29.7 Å². The molecular formula is C16H16ClN5O3. The highest BCUT2D eigenvalue weighted by atomic mass is 35.5. The second kappa shape index (κ2) is 8.76. The van der Waals surface area contributed by atoms with Crippen molar-refractivity contribution in [2.45, 2.75) is 0 Å². The highest BCUT2D eigenvalue weighted by Crippen LogP contribution is 2.26. The summed E-state index contributed by atoms with van der Waals surface area (Å²) in [5, 5.41) is 20.9. The van der Waals surface area contributed by atoms with Crippen LogP contribution in [-0.4, -0.2) is 45.5 Å². The average molecular weight is 362 g/mol. The van der Waals surface area contributed by atoms with Gasteiger partial charge in [0.25, 0.3) is 0 Å². The van der Waals surface area contributed by atoms with Crippen molar-refractivity contribution in [1.82, 2.24) is 9.97 Å². The van der Waals surface area contributed by atoms with Crippen molar-refractivity contribution in [2.24, 2.45) is 10.7 Å². The number of carboxylic acids is 1. The van der Waals surface area contributed by atoms with Crippen molar-refractivity contribution in [3.63, 3.8) is 0 Å². The lowest BCUT2D eigenvalue weighted by atomic mass is 10.1. The number of aliphatic hydroxyl groups excluding tert-OH is 1. The molecular weight excluding hydrogens is 346 g/mol. The van der Waals surface area contributed by atoms with Crippen molar-refractivity contribution in [1.29, 1.82) is 0 Å². The zero-order valence-corrected chi connectivity index (χ0v) is 13.8. The minimum absolute atomic E-state index is 0.0672. The Morgan fingerprint density at radius 3 is 2.68 bits per heavy atom. The van der Waals surface area contributed by atoms with Crippen molar-refractivity contribution in [3.05, 3.63) is 52.9 Å². The molecule has 0 aliphatic rings. The first-order valence-electron chi connectivity index (χ1n) is 7.21. The summed E-state index contributed by atoms with van der Waals surface area (Å²) < 4.78 is 0. The number of anilines is 1. The Labute approximate surface area is 148 Å². The summed E-state index contributed by atoms with van der Waals surface area (Å²) in [4.78, 5) is 23.3. The quantitative estimate of drug-likeness (QED) is 0.552. The number of aromatic nitrogens is 2. The van der Waals surface area contributed by atoms with Crippen LogP contribution in [0.4, 0.5) is 5.95 Å². The zero-order chi connectivity index (χ0) is 18.2. The van der Waals surface area contributed by atoms with E-state index in [1.807, 2.05) is 0 Å². The number of aliphatic imine (C=N–C) groups is 1. The van der Waals surface area contributed by atoms with E-state index in [0.717, 1.165) is 0 Å². The number of aromatic carboxylic acids is 1. The predicted octanol–water partition coefficient (Wildman–Crippen LogP) is 1.77. The third-order valence-electron chi connectivity index (χ3n) is 3.04. The van der Waals surface area contributed by atoms with Crippen LogP contribution in [-0.2, 0) is 0 Å². The monoisotopic (exact) mass is 361 g/mol. The highest BCUT2D eigenvalue weighted by molar-refractivity contribution is 6.32. The number of hydrogen-bond acceptors (Lipinski definition) is 7. The summed E-state index contributed by atoms with van der Waals surface area (Å²) in [7, 11) is 0. The molecule has 0 atom stereocenters. The van der Waals surface area contributed by atoms with Gasteiger partial charge in [0.2, 0.25) is 5.95 Å². The van der Waals surface area contributed by atoms with E-state index < -0.39 is 5.97 Å². The number of carbonyl (C=O) groups is 1. The van der Waals surface area contributed by atoms with Crippen LogP contribution in [0, 0.1) is 0 Å². The molecule has 2 rings (SSSR count). The number of nitrogens with two attached hydrogens (primary N) is 1.